The molecule has 0 amide bonds. The molecule has 112 valence electrons. The monoisotopic (exact) mass is 294 g/mol. The van der Waals surface area contributed by atoms with Gasteiger partial charge >= 0.3 is 0 Å². The predicted molar refractivity (Wildman–Crippen MR) is 85.3 cm³/mol. The van der Waals surface area contributed by atoms with E-state index in [2.05, 4.69) is 33.9 Å². The maximum atomic E-state index is 6.16. The van der Waals surface area contributed by atoms with Crippen LogP contribution in [0.5, 0.6) is 11.5 Å². The van der Waals surface area contributed by atoms with Crippen molar-refractivity contribution in [3.8, 4) is 11.5 Å². The molecule has 0 N–H and O–H groups in total. The maximum Gasteiger partial charge on any atom is 0.123 e. The molecule has 0 saturated carbocycles. The summed E-state index contributed by atoms with van der Waals surface area (Å²) in [6.07, 6.45) is 1.29. The molecular weight excluding hydrogens is 268 g/mol. The zero-order valence-corrected chi connectivity index (χ0v) is 14.6. The average Bonchev–Trinajstić information content (AvgIpc) is 3.12. The summed E-state index contributed by atoms with van der Waals surface area (Å²) in [5.74, 6) is 1.99. The Kier molecular flexibility index (Phi) is 4.45. The minimum absolute atomic E-state index is 0.191. The molecule has 0 aliphatic carbocycles. The van der Waals surface area contributed by atoms with Gasteiger partial charge in [0.15, 0.2) is 0 Å². The van der Waals surface area contributed by atoms with Crippen LogP contribution < -0.4 is 14.7 Å². The van der Waals surface area contributed by atoms with Crippen molar-refractivity contribution < 1.29 is 14.2 Å². The van der Waals surface area contributed by atoms with Gasteiger partial charge in [0.05, 0.1) is 28.6 Å². The van der Waals surface area contributed by atoms with Gasteiger partial charge in [0, 0.05) is 6.42 Å². The van der Waals surface area contributed by atoms with Gasteiger partial charge in [-0.15, -0.1) is 0 Å². The van der Waals surface area contributed by atoms with Gasteiger partial charge in [-0.25, -0.2) is 0 Å². The van der Waals surface area contributed by atoms with Crippen molar-refractivity contribution in [3.05, 3.63) is 17.7 Å². The highest BCUT2D eigenvalue weighted by Gasteiger charge is 2.29. The zero-order chi connectivity index (χ0) is 14.9. The third-order valence-corrected chi connectivity index (χ3v) is 5.11. The average molecular weight is 294 g/mol. The summed E-state index contributed by atoms with van der Waals surface area (Å²) in [5, 5.41) is 1.38. The van der Waals surface area contributed by atoms with Gasteiger partial charge in [-0.1, -0.05) is 13.1 Å². The zero-order valence-electron chi connectivity index (χ0n) is 13.4. The van der Waals surface area contributed by atoms with Gasteiger partial charge in [-0.05, 0) is 43.7 Å². The van der Waals surface area contributed by atoms with Crippen molar-refractivity contribution >= 4 is 14.0 Å². The molecule has 1 aromatic carbocycles. The predicted octanol–water partition coefficient (Wildman–Crippen LogP) is 2.51. The van der Waals surface area contributed by atoms with Gasteiger partial charge in [-0.2, -0.15) is 0 Å². The molecular formula is C16H26O3Si. The second kappa shape index (κ2) is 5.78. The van der Waals surface area contributed by atoms with E-state index >= 15 is 0 Å². The normalized spacial score (nSPS) is 18.2. The number of epoxide rings is 1. The van der Waals surface area contributed by atoms with E-state index in [9.17, 15) is 0 Å². The number of rotatable bonds is 5. The first-order valence-corrected chi connectivity index (χ1v) is 10.2. The summed E-state index contributed by atoms with van der Waals surface area (Å²) in [6, 6.07) is 4.09. The number of ether oxygens (including phenoxy) is 3. The molecule has 1 atom stereocenters. The second-order valence-corrected chi connectivity index (χ2v) is 9.57. The van der Waals surface area contributed by atoms with Gasteiger partial charge in [0.25, 0.3) is 0 Å². The van der Waals surface area contributed by atoms with Crippen LogP contribution in [0.3, 0.4) is 0 Å². The molecule has 0 aromatic heterocycles. The Morgan fingerprint density at radius 2 is 1.85 bits per heavy atom. The van der Waals surface area contributed by atoms with Crippen LogP contribution in [0.1, 0.15) is 26.3 Å². The summed E-state index contributed by atoms with van der Waals surface area (Å²) in [5.41, 5.74) is 1.10. The Balaban J connectivity index is 2.46. The highest BCUT2D eigenvalue weighted by molar-refractivity contribution is 6.72. The van der Waals surface area contributed by atoms with E-state index in [1.807, 2.05) is 12.1 Å². The summed E-state index contributed by atoms with van der Waals surface area (Å²) in [6.45, 7) is 11.8. The summed E-state index contributed by atoms with van der Waals surface area (Å²) < 4.78 is 17.2. The quantitative estimate of drug-likeness (QED) is 0.617. The fraction of sp³-hybridized carbons (Fsp3) is 0.625. The van der Waals surface area contributed by atoms with E-state index in [0.29, 0.717) is 6.10 Å². The lowest BCUT2D eigenvalue weighted by Crippen LogP contribution is -2.32. The van der Waals surface area contributed by atoms with Crippen LogP contribution in [0.2, 0.25) is 13.1 Å². The lowest BCUT2D eigenvalue weighted by Gasteiger charge is -2.26. The molecule has 3 nitrogen and oxygen atoms in total. The molecule has 1 fully saturated rings. The molecule has 1 heterocycles. The lowest BCUT2D eigenvalue weighted by atomic mass is 10.1. The van der Waals surface area contributed by atoms with Crippen LogP contribution in [0.25, 0.3) is 0 Å². The van der Waals surface area contributed by atoms with E-state index < -0.39 is 8.80 Å². The van der Waals surface area contributed by atoms with E-state index in [0.717, 1.165) is 24.5 Å². The van der Waals surface area contributed by atoms with E-state index in [4.69, 9.17) is 14.2 Å². The minimum Gasteiger partial charge on any atom is -0.497 e. The molecule has 1 aliphatic heterocycles. The first-order valence-electron chi connectivity index (χ1n) is 7.32. The fourth-order valence-corrected chi connectivity index (χ4v) is 4.22. The van der Waals surface area contributed by atoms with Crippen molar-refractivity contribution in [3.63, 3.8) is 0 Å². The smallest absolute Gasteiger partial charge is 0.123 e. The van der Waals surface area contributed by atoms with Crippen LogP contribution in [0.4, 0.5) is 0 Å². The Hall–Kier alpha value is -1.00. The molecule has 4 heteroatoms. The lowest BCUT2D eigenvalue weighted by molar-refractivity contribution is 0.129. The van der Waals surface area contributed by atoms with Crippen LogP contribution >= 0.6 is 0 Å². The Morgan fingerprint density at radius 1 is 1.25 bits per heavy atom. The summed E-state index contributed by atoms with van der Waals surface area (Å²) >= 11 is 0. The van der Waals surface area contributed by atoms with Gasteiger partial charge in [-0.3, -0.25) is 0 Å². The Morgan fingerprint density at radius 3 is 2.30 bits per heavy atom. The van der Waals surface area contributed by atoms with Crippen LogP contribution in [-0.2, 0) is 11.2 Å². The van der Waals surface area contributed by atoms with Crippen molar-refractivity contribution in [2.75, 3.05) is 13.7 Å². The number of benzene rings is 1. The molecule has 0 spiro atoms. The SMILES string of the molecule is COc1ccc(OC(C)(C)C)c(CC2CO2)c1[SiH](C)C. The maximum absolute atomic E-state index is 6.16. The Bertz CT molecular complexity index is 473. The summed E-state index contributed by atoms with van der Waals surface area (Å²) in [7, 11) is 0.735. The van der Waals surface area contributed by atoms with Gasteiger partial charge in [0.2, 0.25) is 0 Å². The molecule has 1 saturated heterocycles. The largest absolute Gasteiger partial charge is 0.497 e. The van der Waals surface area contributed by atoms with E-state index in [1.165, 1.54) is 10.8 Å². The highest BCUT2D eigenvalue weighted by Crippen LogP contribution is 2.30. The van der Waals surface area contributed by atoms with Crippen molar-refractivity contribution in [1.29, 1.82) is 0 Å². The highest BCUT2D eigenvalue weighted by atomic mass is 28.3. The second-order valence-electron chi connectivity index (χ2n) is 6.69. The molecule has 1 aromatic rings. The summed E-state index contributed by atoms with van der Waals surface area (Å²) in [4.78, 5) is 0. The number of methoxy groups -OCH3 is 1. The third kappa shape index (κ3) is 3.76. The van der Waals surface area contributed by atoms with E-state index in [1.54, 1.807) is 7.11 Å². The Labute approximate surface area is 123 Å². The van der Waals surface area contributed by atoms with Crippen LogP contribution in [0, 0.1) is 0 Å². The van der Waals surface area contributed by atoms with Crippen molar-refractivity contribution in [1.82, 2.24) is 0 Å². The van der Waals surface area contributed by atoms with Gasteiger partial charge in [0.1, 0.15) is 17.1 Å². The fourth-order valence-electron chi connectivity index (χ4n) is 2.48. The molecule has 1 unspecified atom stereocenters. The molecule has 0 radical (unpaired) electrons. The molecule has 2 rings (SSSR count). The van der Waals surface area contributed by atoms with Gasteiger partial charge < -0.3 is 14.2 Å². The molecule has 0 bridgehead atoms. The molecule has 20 heavy (non-hydrogen) atoms. The van der Waals surface area contributed by atoms with Crippen molar-refractivity contribution in [2.24, 2.45) is 0 Å². The standard InChI is InChI=1S/C16H26O3Si/c1-16(2,3)19-13-7-8-14(17-4)15(20(5)6)12(13)9-11-10-18-11/h7-8,11,20H,9-10H2,1-6H3. The first-order chi connectivity index (χ1) is 9.31. The number of hydrogen-bond acceptors (Lipinski definition) is 3. The number of hydrogen-bond donors (Lipinski definition) is 0. The topological polar surface area (TPSA) is 31.0 Å². The van der Waals surface area contributed by atoms with Crippen LogP contribution in [-0.4, -0.2) is 34.2 Å². The third-order valence-electron chi connectivity index (χ3n) is 3.32. The van der Waals surface area contributed by atoms with Crippen LogP contribution in [0.15, 0.2) is 12.1 Å². The molecule has 1 aliphatic rings. The minimum atomic E-state index is -1.01. The van der Waals surface area contributed by atoms with Crippen molar-refractivity contribution in [2.45, 2.75) is 52.0 Å². The first kappa shape index (κ1) is 15.4. The van der Waals surface area contributed by atoms with E-state index in [-0.39, 0.29) is 5.60 Å².